The summed E-state index contributed by atoms with van der Waals surface area (Å²) >= 11 is 0. The molecule has 2 aromatic heterocycles. The van der Waals surface area contributed by atoms with Gasteiger partial charge in [0.2, 0.25) is 11.8 Å². The number of ether oxygens (including phenoxy) is 2. The first-order chi connectivity index (χ1) is 15.1. The van der Waals surface area contributed by atoms with Crippen LogP contribution in [-0.2, 0) is 13.1 Å². The van der Waals surface area contributed by atoms with E-state index < -0.39 is 0 Å². The molecular formula is C23H30IN5O3. The molecule has 0 amide bonds. The summed E-state index contributed by atoms with van der Waals surface area (Å²) < 4.78 is 17.5. The van der Waals surface area contributed by atoms with Crippen molar-refractivity contribution in [2.24, 2.45) is 4.99 Å². The topological polar surface area (TPSA) is 93.8 Å². The van der Waals surface area contributed by atoms with Crippen molar-refractivity contribution >= 4 is 29.9 Å². The Balaban J connectivity index is 0.00000363. The van der Waals surface area contributed by atoms with Gasteiger partial charge < -0.3 is 24.5 Å². The van der Waals surface area contributed by atoms with Gasteiger partial charge in [-0.2, -0.15) is 0 Å². The fraction of sp³-hybridized carbons (Fsp3) is 0.348. The van der Waals surface area contributed by atoms with Crippen LogP contribution >= 0.6 is 24.0 Å². The molecule has 0 aliphatic heterocycles. The number of nitrogens with zero attached hydrogens (tertiary/aromatic N) is 3. The molecule has 0 saturated carbocycles. The zero-order valence-electron chi connectivity index (χ0n) is 18.8. The Bertz CT molecular complexity index is 1000. The van der Waals surface area contributed by atoms with Crippen LogP contribution in [-0.4, -0.2) is 29.6 Å². The van der Waals surface area contributed by atoms with Gasteiger partial charge >= 0.3 is 0 Å². The highest BCUT2D eigenvalue weighted by Gasteiger charge is 2.11. The predicted molar refractivity (Wildman–Crippen MR) is 135 cm³/mol. The number of guanidine groups is 1. The number of oxazole rings is 1. The average Bonchev–Trinajstić information content (AvgIpc) is 3.11. The number of aliphatic imine (C=N–C) groups is 1. The molecule has 1 aromatic carbocycles. The number of aromatic nitrogens is 2. The van der Waals surface area contributed by atoms with E-state index in [0.29, 0.717) is 48.9 Å². The van der Waals surface area contributed by atoms with Crippen molar-refractivity contribution in [1.82, 2.24) is 20.6 Å². The Morgan fingerprint density at radius 2 is 1.81 bits per heavy atom. The van der Waals surface area contributed by atoms with Crippen LogP contribution in [0.15, 0.2) is 52.0 Å². The minimum absolute atomic E-state index is 0. The number of aryl methyl sites for hydroxylation is 2. The molecule has 0 unspecified atom stereocenters. The first-order valence-electron chi connectivity index (χ1n) is 10.3. The van der Waals surface area contributed by atoms with E-state index in [1.165, 1.54) is 0 Å². The molecule has 3 aromatic rings. The number of hydrogen-bond donors (Lipinski definition) is 2. The maximum absolute atomic E-state index is 6.09. The lowest BCUT2D eigenvalue weighted by molar-refractivity contribution is 0.300. The summed E-state index contributed by atoms with van der Waals surface area (Å²) in [6.07, 6.45) is 2.63. The summed E-state index contributed by atoms with van der Waals surface area (Å²) in [5, 5.41) is 6.47. The Morgan fingerprint density at radius 3 is 2.50 bits per heavy atom. The number of nitrogens with one attached hydrogen (secondary N) is 2. The van der Waals surface area contributed by atoms with E-state index in [2.05, 4.69) is 32.5 Å². The van der Waals surface area contributed by atoms with Crippen LogP contribution in [0.5, 0.6) is 17.4 Å². The molecule has 2 heterocycles. The molecule has 0 saturated heterocycles. The second-order valence-corrected chi connectivity index (χ2v) is 6.89. The second kappa shape index (κ2) is 12.9. The predicted octanol–water partition coefficient (Wildman–Crippen LogP) is 4.75. The van der Waals surface area contributed by atoms with Gasteiger partial charge in [-0.25, -0.2) is 9.97 Å². The molecule has 172 valence electrons. The van der Waals surface area contributed by atoms with Gasteiger partial charge in [-0.15, -0.1) is 24.0 Å². The monoisotopic (exact) mass is 551 g/mol. The zero-order chi connectivity index (χ0) is 22.1. The molecule has 8 nitrogen and oxygen atoms in total. The third kappa shape index (κ3) is 7.11. The van der Waals surface area contributed by atoms with Gasteiger partial charge in [0, 0.05) is 25.4 Å². The summed E-state index contributed by atoms with van der Waals surface area (Å²) in [6, 6.07) is 11.4. The summed E-state index contributed by atoms with van der Waals surface area (Å²) in [5.41, 5.74) is 1.78. The molecule has 0 aliphatic carbocycles. The SMILES string of the molecule is CCCOc1ccccc1Oc1ncccc1CNC(=NC)NCc1nc(C)c(C)o1.I. The summed E-state index contributed by atoms with van der Waals surface area (Å²) in [7, 11) is 1.71. The van der Waals surface area contributed by atoms with E-state index in [9.17, 15) is 0 Å². The number of benzene rings is 1. The Labute approximate surface area is 205 Å². The van der Waals surface area contributed by atoms with Gasteiger partial charge in [-0.1, -0.05) is 25.1 Å². The van der Waals surface area contributed by atoms with E-state index in [-0.39, 0.29) is 24.0 Å². The minimum Gasteiger partial charge on any atom is -0.490 e. The highest BCUT2D eigenvalue weighted by Crippen LogP contribution is 2.31. The van der Waals surface area contributed by atoms with E-state index in [1.807, 2.05) is 50.2 Å². The smallest absolute Gasteiger partial charge is 0.224 e. The van der Waals surface area contributed by atoms with E-state index in [1.54, 1.807) is 13.2 Å². The number of pyridine rings is 1. The largest absolute Gasteiger partial charge is 0.490 e. The average molecular weight is 551 g/mol. The molecule has 3 rings (SSSR count). The maximum Gasteiger partial charge on any atom is 0.224 e. The lowest BCUT2D eigenvalue weighted by Gasteiger charge is -2.15. The Kier molecular flexibility index (Phi) is 10.3. The molecule has 0 spiro atoms. The van der Waals surface area contributed by atoms with Crippen molar-refractivity contribution in [2.45, 2.75) is 40.3 Å². The van der Waals surface area contributed by atoms with Gasteiger partial charge in [0.05, 0.1) is 18.8 Å². The van der Waals surface area contributed by atoms with Crippen LogP contribution in [0.2, 0.25) is 0 Å². The highest BCUT2D eigenvalue weighted by molar-refractivity contribution is 14.0. The molecule has 9 heteroatoms. The standard InChI is InChI=1S/C23H29N5O3.HI/c1-5-13-29-19-10-6-7-11-20(19)31-22-18(9-8-12-25-22)14-26-23(24-4)27-15-21-28-16(2)17(3)30-21;/h6-12H,5,13-15H2,1-4H3,(H2,24,26,27);1H. The first-order valence-corrected chi connectivity index (χ1v) is 10.3. The van der Waals surface area contributed by atoms with Crippen molar-refractivity contribution in [3.8, 4) is 17.4 Å². The van der Waals surface area contributed by atoms with E-state index >= 15 is 0 Å². The molecule has 0 aliphatic rings. The lowest BCUT2D eigenvalue weighted by atomic mass is 10.2. The zero-order valence-corrected chi connectivity index (χ0v) is 21.2. The maximum atomic E-state index is 6.09. The third-order valence-electron chi connectivity index (χ3n) is 4.52. The Morgan fingerprint density at radius 1 is 1.06 bits per heavy atom. The molecule has 0 fully saturated rings. The number of halogens is 1. The summed E-state index contributed by atoms with van der Waals surface area (Å²) in [4.78, 5) is 13.0. The fourth-order valence-corrected chi connectivity index (χ4v) is 2.79. The fourth-order valence-electron chi connectivity index (χ4n) is 2.79. The molecule has 0 atom stereocenters. The van der Waals surface area contributed by atoms with Crippen LogP contribution in [0.1, 0.15) is 36.3 Å². The second-order valence-electron chi connectivity index (χ2n) is 6.89. The molecule has 0 radical (unpaired) electrons. The van der Waals surface area contributed by atoms with E-state index in [4.69, 9.17) is 13.9 Å². The van der Waals surface area contributed by atoms with Crippen LogP contribution < -0.4 is 20.1 Å². The van der Waals surface area contributed by atoms with Gasteiger partial charge in [-0.05, 0) is 38.5 Å². The Hall–Kier alpha value is -2.82. The number of rotatable bonds is 9. The first kappa shape index (κ1) is 25.4. The van der Waals surface area contributed by atoms with Gasteiger partial charge in [0.1, 0.15) is 5.76 Å². The van der Waals surface area contributed by atoms with Crippen molar-refractivity contribution in [3.05, 3.63) is 65.5 Å². The lowest BCUT2D eigenvalue weighted by Crippen LogP contribution is -2.36. The van der Waals surface area contributed by atoms with Gasteiger partial charge in [-0.3, -0.25) is 4.99 Å². The normalized spacial score (nSPS) is 10.9. The van der Waals surface area contributed by atoms with Crippen LogP contribution in [0.4, 0.5) is 0 Å². The highest BCUT2D eigenvalue weighted by atomic mass is 127. The van der Waals surface area contributed by atoms with Gasteiger partial charge in [0.15, 0.2) is 17.5 Å². The van der Waals surface area contributed by atoms with Crippen LogP contribution in [0, 0.1) is 13.8 Å². The van der Waals surface area contributed by atoms with Crippen molar-refractivity contribution in [1.29, 1.82) is 0 Å². The van der Waals surface area contributed by atoms with Gasteiger partial charge in [0.25, 0.3) is 0 Å². The summed E-state index contributed by atoms with van der Waals surface area (Å²) in [5.74, 6) is 3.90. The number of para-hydroxylation sites is 2. The quantitative estimate of drug-likeness (QED) is 0.225. The van der Waals surface area contributed by atoms with E-state index in [0.717, 1.165) is 23.4 Å². The summed E-state index contributed by atoms with van der Waals surface area (Å²) in [6.45, 7) is 7.43. The van der Waals surface area contributed by atoms with Crippen molar-refractivity contribution in [2.75, 3.05) is 13.7 Å². The molecule has 32 heavy (non-hydrogen) atoms. The molecule has 0 bridgehead atoms. The van der Waals surface area contributed by atoms with Crippen molar-refractivity contribution < 1.29 is 13.9 Å². The van der Waals surface area contributed by atoms with Crippen LogP contribution in [0.25, 0.3) is 0 Å². The third-order valence-corrected chi connectivity index (χ3v) is 4.52. The number of hydrogen-bond acceptors (Lipinski definition) is 6. The minimum atomic E-state index is 0. The van der Waals surface area contributed by atoms with Crippen molar-refractivity contribution in [3.63, 3.8) is 0 Å². The molecular weight excluding hydrogens is 521 g/mol. The van der Waals surface area contributed by atoms with Crippen LogP contribution in [0.3, 0.4) is 0 Å². The molecule has 2 N–H and O–H groups in total.